The number of amides is 2. The first-order valence-corrected chi connectivity index (χ1v) is 6.95. The molecule has 19 heavy (non-hydrogen) atoms. The van der Waals surface area contributed by atoms with Crippen LogP contribution >= 0.6 is 11.6 Å². The largest absolute Gasteiger partial charge is 0.322 e. The molecular weight excluding hydrogens is 262 g/mol. The van der Waals surface area contributed by atoms with E-state index in [1.54, 1.807) is 18.3 Å². The molecule has 102 valence electrons. The van der Waals surface area contributed by atoms with E-state index in [1.165, 1.54) is 0 Å². The number of anilines is 1. The summed E-state index contributed by atoms with van der Waals surface area (Å²) in [5, 5.41) is 3.12. The van der Waals surface area contributed by atoms with Gasteiger partial charge in [-0.05, 0) is 18.6 Å². The van der Waals surface area contributed by atoms with Crippen molar-refractivity contribution in [3.05, 3.63) is 35.6 Å². The van der Waals surface area contributed by atoms with Gasteiger partial charge in [-0.3, -0.25) is 0 Å². The van der Waals surface area contributed by atoms with Gasteiger partial charge in [-0.1, -0.05) is 43.5 Å². The van der Waals surface area contributed by atoms with Gasteiger partial charge in [-0.25, -0.2) is 9.78 Å². The van der Waals surface area contributed by atoms with Crippen LogP contribution in [0, 0.1) is 0 Å². The quantitative estimate of drug-likeness (QED) is 0.675. The van der Waals surface area contributed by atoms with Crippen molar-refractivity contribution in [3.8, 4) is 0 Å². The maximum atomic E-state index is 12.2. The average molecular weight is 280 g/mol. The first-order valence-electron chi connectivity index (χ1n) is 6.57. The molecule has 1 aromatic rings. The number of halogens is 1. The van der Waals surface area contributed by atoms with Crippen molar-refractivity contribution in [2.24, 2.45) is 0 Å². The molecule has 0 spiro atoms. The molecule has 5 heteroatoms. The molecule has 1 aromatic heterocycles. The van der Waals surface area contributed by atoms with Gasteiger partial charge in [-0.15, -0.1) is 0 Å². The Kier molecular flexibility index (Phi) is 4.80. The lowest BCUT2D eigenvalue weighted by Gasteiger charge is -2.25. The fourth-order valence-electron chi connectivity index (χ4n) is 2.14. The smallest absolute Gasteiger partial charge is 0.314 e. The molecule has 0 bridgehead atoms. The third kappa shape index (κ3) is 3.47. The molecule has 1 atom stereocenters. The highest BCUT2D eigenvalue weighted by molar-refractivity contribution is 6.32. The topological polar surface area (TPSA) is 45.2 Å². The fraction of sp³-hybridized carbons (Fsp3) is 0.429. The monoisotopic (exact) mass is 279 g/mol. The molecule has 2 heterocycles. The minimum atomic E-state index is -0.124. The summed E-state index contributed by atoms with van der Waals surface area (Å²) in [6.07, 6.45) is 8.98. The van der Waals surface area contributed by atoms with Crippen molar-refractivity contribution in [3.63, 3.8) is 0 Å². The van der Waals surface area contributed by atoms with Gasteiger partial charge in [0.25, 0.3) is 0 Å². The molecule has 1 aliphatic rings. The molecule has 0 saturated carbocycles. The van der Waals surface area contributed by atoms with Gasteiger partial charge in [0.2, 0.25) is 0 Å². The fourth-order valence-corrected chi connectivity index (χ4v) is 2.30. The number of hydrogen-bond donors (Lipinski definition) is 1. The Morgan fingerprint density at radius 3 is 3.21 bits per heavy atom. The predicted octanol–water partition coefficient (Wildman–Crippen LogP) is 3.70. The molecule has 4 nitrogen and oxygen atoms in total. The number of rotatable bonds is 4. The second-order valence-electron chi connectivity index (χ2n) is 4.56. The molecule has 0 fully saturated rings. The molecule has 0 saturated heterocycles. The summed E-state index contributed by atoms with van der Waals surface area (Å²) >= 11 is 5.94. The van der Waals surface area contributed by atoms with E-state index in [-0.39, 0.29) is 12.1 Å². The second kappa shape index (κ2) is 6.57. The Balaban J connectivity index is 1.98. The lowest BCUT2D eigenvalue weighted by Crippen LogP contribution is -2.39. The van der Waals surface area contributed by atoms with E-state index in [0.29, 0.717) is 17.4 Å². The lowest BCUT2D eigenvalue weighted by atomic mass is 10.1. The van der Waals surface area contributed by atoms with Crippen LogP contribution in [0.5, 0.6) is 0 Å². The summed E-state index contributed by atoms with van der Waals surface area (Å²) in [7, 11) is 0. The normalized spacial score (nSPS) is 17.8. The van der Waals surface area contributed by atoms with Crippen LogP contribution in [0.4, 0.5) is 10.5 Å². The van der Waals surface area contributed by atoms with E-state index in [4.69, 9.17) is 11.6 Å². The summed E-state index contributed by atoms with van der Waals surface area (Å²) in [6, 6.07) is 3.56. The molecule has 0 aliphatic carbocycles. The molecular formula is C14H18ClN3O. The van der Waals surface area contributed by atoms with Crippen LogP contribution in [0.1, 0.15) is 26.2 Å². The Labute approximate surface area is 118 Å². The highest BCUT2D eigenvalue weighted by Crippen LogP contribution is 2.21. The Bertz CT molecular complexity index is 476. The Morgan fingerprint density at radius 2 is 2.47 bits per heavy atom. The summed E-state index contributed by atoms with van der Waals surface area (Å²) in [4.78, 5) is 18.0. The molecule has 1 aliphatic heterocycles. The van der Waals surface area contributed by atoms with Crippen LogP contribution in [0.25, 0.3) is 0 Å². The Morgan fingerprint density at radius 1 is 1.63 bits per heavy atom. The third-order valence-electron chi connectivity index (χ3n) is 3.18. The third-order valence-corrected chi connectivity index (χ3v) is 3.48. The van der Waals surface area contributed by atoms with Crippen LogP contribution in [0.15, 0.2) is 30.5 Å². The first kappa shape index (κ1) is 13.9. The number of pyridine rings is 1. The van der Waals surface area contributed by atoms with E-state index in [9.17, 15) is 4.79 Å². The maximum absolute atomic E-state index is 12.2. The van der Waals surface area contributed by atoms with E-state index in [2.05, 4.69) is 23.3 Å². The molecule has 0 unspecified atom stereocenters. The van der Waals surface area contributed by atoms with E-state index in [0.717, 1.165) is 19.3 Å². The molecule has 0 radical (unpaired) electrons. The molecule has 0 aromatic carbocycles. The van der Waals surface area contributed by atoms with Gasteiger partial charge in [0.15, 0.2) is 5.15 Å². The zero-order valence-electron chi connectivity index (χ0n) is 11.0. The summed E-state index contributed by atoms with van der Waals surface area (Å²) in [5.74, 6) is 0. The van der Waals surface area contributed by atoms with E-state index < -0.39 is 0 Å². The highest BCUT2D eigenvalue weighted by atomic mass is 35.5. The number of unbranched alkanes of at least 4 members (excludes halogenated alkanes) is 1. The number of carbonyl (C=O) groups excluding carboxylic acids is 1. The number of nitrogens with zero attached hydrogens (tertiary/aromatic N) is 2. The van der Waals surface area contributed by atoms with Gasteiger partial charge >= 0.3 is 6.03 Å². The van der Waals surface area contributed by atoms with Gasteiger partial charge in [-0.2, -0.15) is 0 Å². The predicted molar refractivity (Wildman–Crippen MR) is 77.4 cm³/mol. The summed E-state index contributed by atoms with van der Waals surface area (Å²) in [5.41, 5.74) is 0.551. The summed E-state index contributed by atoms with van der Waals surface area (Å²) < 4.78 is 0. The van der Waals surface area contributed by atoms with Crippen molar-refractivity contribution in [1.29, 1.82) is 0 Å². The van der Waals surface area contributed by atoms with Crippen molar-refractivity contribution in [2.45, 2.75) is 32.2 Å². The first-order chi connectivity index (χ1) is 9.22. The van der Waals surface area contributed by atoms with Gasteiger partial charge in [0.1, 0.15) is 0 Å². The maximum Gasteiger partial charge on any atom is 0.322 e. The lowest BCUT2D eigenvalue weighted by molar-refractivity contribution is 0.208. The van der Waals surface area contributed by atoms with Gasteiger partial charge in [0.05, 0.1) is 11.7 Å². The van der Waals surface area contributed by atoms with Crippen molar-refractivity contribution in [1.82, 2.24) is 9.88 Å². The second-order valence-corrected chi connectivity index (χ2v) is 4.92. The number of hydrogen-bond acceptors (Lipinski definition) is 2. The van der Waals surface area contributed by atoms with Gasteiger partial charge in [0, 0.05) is 12.7 Å². The zero-order valence-corrected chi connectivity index (χ0v) is 11.7. The molecule has 1 N–H and O–H groups in total. The van der Waals surface area contributed by atoms with Crippen LogP contribution in [0.3, 0.4) is 0 Å². The van der Waals surface area contributed by atoms with Crippen molar-refractivity contribution in [2.75, 3.05) is 11.9 Å². The van der Waals surface area contributed by atoms with E-state index >= 15 is 0 Å². The summed E-state index contributed by atoms with van der Waals surface area (Å²) in [6.45, 7) is 2.80. The van der Waals surface area contributed by atoms with Crippen LogP contribution in [0.2, 0.25) is 5.15 Å². The zero-order chi connectivity index (χ0) is 13.7. The minimum Gasteiger partial charge on any atom is -0.314 e. The van der Waals surface area contributed by atoms with Crippen LogP contribution < -0.4 is 5.32 Å². The SMILES string of the molecule is CCCC[C@@H]1C=CCN1C(=O)Nc1cccnc1Cl. The van der Waals surface area contributed by atoms with Gasteiger partial charge < -0.3 is 10.2 Å². The van der Waals surface area contributed by atoms with Crippen molar-refractivity contribution < 1.29 is 4.79 Å². The minimum absolute atomic E-state index is 0.124. The van der Waals surface area contributed by atoms with Crippen LogP contribution in [-0.4, -0.2) is 28.5 Å². The van der Waals surface area contributed by atoms with Crippen LogP contribution in [-0.2, 0) is 0 Å². The number of carbonyl (C=O) groups is 1. The van der Waals surface area contributed by atoms with Crippen molar-refractivity contribution >= 4 is 23.3 Å². The van der Waals surface area contributed by atoms with E-state index in [1.807, 2.05) is 11.0 Å². The average Bonchev–Trinajstić information content (AvgIpc) is 2.87. The highest BCUT2D eigenvalue weighted by Gasteiger charge is 2.24. The number of urea groups is 1. The molecule has 2 rings (SSSR count). The number of nitrogens with one attached hydrogen (secondary N) is 1. The standard InChI is InChI=1S/C14H18ClN3O/c1-2-3-6-11-7-5-10-18(11)14(19)17-12-8-4-9-16-13(12)15/h4-5,7-9,11H,2-3,6,10H2,1H3,(H,17,19)/t11-/m1/s1. The Hall–Kier alpha value is -1.55. The molecule has 2 amide bonds. The number of aromatic nitrogens is 1.